The highest BCUT2D eigenvalue weighted by molar-refractivity contribution is 6.22. The summed E-state index contributed by atoms with van der Waals surface area (Å²) in [6, 6.07) is 8.56. The number of carbonyl (C=O) groups is 3. The lowest BCUT2D eigenvalue weighted by Crippen LogP contribution is -2.58. The average molecular weight is 534 g/mol. The lowest BCUT2D eigenvalue weighted by molar-refractivity contribution is -0.147. The summed E-state index contributed by atoms with van der Waals surface area (Å²) in [5, 5.41) is 44.1. The van der Waals surface area contributed by atoms with Crippen molar-refractivity contribution in [1.82, 2.24) is 0 Å². The van der Waals surface area contributed by atoms with Gasteiger partial charge in [-0.2, -0.15) is 0 Å². The van der Waals surface area contributed by atoms with Crippen molar-refractivity contribution in [2.24, 2.45) is 17.6 Å². The molecular weight excluding hydrogens is 506 g/mol. The molecule has 1 fully saturated rings. The molecular formula is C29H27NO9. The summed E-state index contributed by atoms with van der Waals surface area (Å²) in [4.78, 5) is 38.0. The number of hydrogen-bond donors (Lipinski definition) is 5. The van der Waals surface area contributed by atoms with Crippen LogP contribution in [0.2, 0.25) is 0 Å². The van der Waals surface area contributed by atoms with Gasteiger partial charge in [0.2, 0.25) is 5.78 Å². The quantitative estimate of drug-likeness (QED) is 0.286. The summed E-state index contributed by atoms with van der Waals surface area (Å²) >= 11 is 0. The molecule has 1 saturated carbocycles. The number of carbonyl (C=O) groups excluding carboxylic acids is 3. The third kappa shape index (κ3) is 3.78. The van der Waals surface area contributed by atoms with Crippen molar-refractivity contribution >= 4 is 29.3 Å². The van der Waals surface area contributed by atoms with Gasteiger partial charge in [-0.3, -0.25) is 14.4 Å². The Morgan fingerprint density at radius 3 is 2.51 bits per heavy atom. The molecule has 1 amide bonds. The second-order valence-corrected chi connectivity index (χ2v) is 9.89. The number of rotatable bonds is 5. The number of hydrogen-bond acceptors (Lipinski definition) is 9. The fourth-order valence-electron chi connectivity index (χ4n) is 6.07. The molecule has 3 aliphatic carbocycles. The minimum absolute atomic E-state index is 0.0319. The van der Waals surface area contributed by atoms with E-state index in [-0.39, 0.29) is 36.1 Å². The van der Waals surface area contributed by atoms with E-state index in [2.05, 4.69) is 0 Å². The second-order valence-electron chi connectivity index (χ2n) is 9.89. The molecule has 0 saturated heterocycles. The van der Waals surface area contributed by atoms with E-state index in [0.717, 1.165) is 11.1 Å². The van der Waals surface area contributed by atoms with Crippen LogP contribution >= 0.6 is 0 Å². The molecule has 0 aliphatic heterocycles. The third-order valence-corrected chi connectivity index (χ3v) is 7.87. The van der Waals surface area contributed by atoms with E-state index in [9.17, 15) is 34.8 Å². The number of ether oxygens (including phenoxy) is 2. The Hall–Kier alpha value is -4.57. The van der Waals surface area contributed by atoms with Crippen LogP contribution in [0.15, 0.2) is 53.5 Å². The Bertz CT molecular complexity index is 1530. The second kappa shape index (κ2) is 9.32. The summed E-state index contributed by atoms with van der Waals surface area (Å²) in [5.41, 5.74) is 4.40. The van der Waals surface area contributed by atoms with Crippen LogP contribution in [0, 0.1) is 11.8 Å². The fraction of sp³-hybridized carbons (Fsp3) is 0.276. The molecule has 3 aliphatic rings. The maximum absolute atomic E-state index is 13.7. The van der Waals surface area contributed by atoms with E-state index in [4.69, 9.17) is 15.2 Å². The molecule has 2 aromatic carbocycles. The van der Waals surface area contributed by atoms with Crippen LogP contribution in [0.5, 0.6) is 11.5 Å². The van der Waals surface area contributed by atoms with Gasteiger partial charge in [-0.25, -0.2) is 0 Å². The molecule has 10 heteroatoms. The first-order chi connectivity index (χ1) is 18.5. The molecule has 2 aromatic rings. The fourth-order valence-corrected chi connectivity index (χ4v) is 6.07. The van der Waals surface area contributed by atoms with Gasteiger partial charge in [-0.1, -0.05) is 12.1 Å². The minimum atomic E-state index is -2.60. The number of benzene rings is 2. The maximum atomic E-state index is 13.7. The standard InChI is InChI=1S/C29H27NO9/c1-38-8-7-14-9-13(3-6-21(14)39-2)17-4-5-19(31)23-18(17)11-15-10-16-12-20(32)24(28(30)36)27(35)29(16,37)26(34)22(15)25(23)33/h3-9,15-16,31,33,35,37H,10-12H2,1-2H3,(H2,30,36)/b8-7+/t15-,16+,29+/m1/s1. The number of ketones is 2. The van der Waals surface area contributed by atoms with Crippen molar-refractivity contribution < 1.29 is 44.3 Å². The number of amides is 1. The Morgan fingerprint density at radius 1 is 1.10 bits per heavy atom. The number of aromatic hydroxyl groups is 1. The summed E-state index contributed by atoms with van der Waals surface area (Å²) in [5.74, 6) is -6.01. The van der Waals surface area contributed by atoms with Crippen LogP contribution < -0.4 is 10.5 Å². The molecule has 0 bridgehead atoms. The maximum Gasteiger partial charge on any atom is 0.255 e. The number of aliphatic hydroxyl groups excluding tert-OH is 2. The van der Waals surface area contributed by atoms with Crippen molar-refractivity contribution in [2.45, 2.75) is 24.9 Å². The predicted molar refractivity (Wildman–Crippen MR) is 139 cm³/mol. The molecule has 39 heavy (non-hydrogen) atoms. The van der Waals surface area contributed by atoms with Crippen LogP contribution in [0.4, 0.5) is 0 Å². The first-order valence-corrected chi connectivity index (χ1v) is 12.2. The van der Waals surface area contributed by atoms with E-state index in [1.807, 2.05) is 12.1 Å². The van der Waals surface area contributed by atoms with Crippen molar-refractivity contribution in [1.29, 1.82) is 0 Å². The third-order valence-electron chi connectivity index (χ3n) is 7.87. The molecule has 0 spiro atoms. The molecule has 0 radical (unpaired) electrons. The SMILES string of the molecule is CO/C=C/c1cc(-c2ccc(O)c3c2C[C@H]2C[C@H]4CC(=O)C(C(N)=O)=C(O)[C@@]4(O)C(=O)C2=C3O)ccc1OC. The monoisotopic (exact) mass is 533 g/mol. The highest BCUT2D eigenvalue weighted by Gasteiger charge is 2.60. The predicted octanol–water partition coefficient (Wildman–Crippen LogP) is 2.72. The largest absolute Gasteiger partial charge is 0.508 e. The van der Waals surface area contributed by atoms with Crippen molar-refractivity contribution in [2.75, 3.05) is 14.2 Å². The molecule has 10 nitrogen and oxygen atoms in total. The van der Waals surface area contributed by atoms with Gasteiger partial charge in [0.1, 0.15) is 28.6 Å². The number of phenols is 1. The number of aliphatic hydroxyl groups is 3. The summed E-state index contributed by atoms with van der Waals surface area (Å²) in [7, 11) is 3.06. The van der Waals surface area contributed by atoms with Crippen LogP contribution in [0.1, 0.15) is 29.5 Å². The zero-order valence-corrected chi connectivity index (χ0v) is 21.2. The molecule has 5 rings (SSSR count). The van der Waals surface area contributed by atoms with Gasteiger partial charge in [0.15, 0.2) is 11.4 Å². The van der Waals surface area contributed by atoms with Crippen LogP contribution in [0.3, 0.4) is 0 Å². The number of fused-ring (bicyclic) bond motifs is 3. The van der Waals surface area contributed by atoms with Crippen LogP contribution in [-0.4, -0.2) is 57.7 Å². The van der Waals surface area contributed by atoms with Gasteiger partial charge >= 0.3 is 0 Å². The highest BCUT2D eigenvalue weighted by Crippen LogP contribution is 2.53. The normalized spacial score (nSPS) is 24.4. The summed E-state index contributed by atoms with van der Waals surface area (Å²) in [6.07, 6.45) is 3.12. The average Bonchev–Trinajstić information content (AvgIpc) is 2.89. The summed E-state index contributed by atoms with van der Waals surface area (Å²) < 4.78 is 10.5. The zero-order chi connectivity index (χ0) is 28.2. The van der Waals surface area contributed by atoms with E-state index in [1.165, 1.54) is 19.4 Å². The lowest BCUT2D eigenvalue weighted by Gasteiger charge is -2.46. The molecule has 0 aromatic heterocycles. The van der Waals surface area contributed by atoms with Gasteiger partial charge in [-0.05, 0) is 59.7 Å². The Kier molecular flexibility index (Phi) is 6.22. The van der Waals surface area contributed by atoms with E-state index in [1.54, 1.807) is 25.3 Å². The molecule has 6 N–H and O–H groups in total. The number of methoxy groups -OCH3 is 2. The van der Waals surface area contributed by atoms with Gasteiger partial charge in [-0.15, -0.1) is 0 Å². The van der Waals surface area contributed by atoms with Crippen LogP contribution in [0.25, 0.3) is 23.0 Å². The Balaban J connectivity index is 1.68. The summed E-state index contributed by atoms with van der Waals surface area (Å²) in [6.45, 7) is 0. The molecule has 3 atom stereocenters. The minimum Gasteiger partial charge on any atom is -0.508 e. The first kappa shape index (κ1) is 26.1. The van der Waals surface area contributed by atoms with E-state index < -0.39 is 52.0 Å². The van der Waals surface area contributed by atoms with Gasteiger partial charge in [0.05, 0.1) is 26.0 Å². The molecule has 0 unspecified atom stereocenters. The van der Waals surface area contributed by atoms with Crippen molar-refractivity contribution in [3.8, 4) is 22.6 Å². The smallest absolute Gasteiger partial charge is 0.255 e. The van der Waals surface area contributed by atoms with E-state index >= 15 is 0 Å². The van der Waals surface area contributed by atoms with Gasteiger partial charge < -0.3 is 35.6 Å². The molecule has 0 heterocycles. The lowest BCUT2D eigenvalue weighted by atomic mass is 9.59. The number of phenolic OH excluding ortho intramolecular Hbond substituents is 1. The first-order valence-electron chi connectivity index (χ1n) is 12.2. The Labute approximate surface area is 223 Å². The molecule has 202 valence electrons. The van der Waals surface area contributed by atoms with Crippen LogP contribution in [-0.2, 0) is 25.5 Å². The van der Waals surface area contributed by atoms with Gasteiger partial charge in [0, 0.05) is 23.5 Å². The zero-order valence-electron chi connectivity index (χ0n) is 21.2. The highest BCUT2D eigenvalue weighted by atomic mass is 16.5. The Morgan fingerprint density at radius 2 is 1.85 bits per heavy atom. The van der Waals surface area contributed by atoms with Crippen molar-refractivity contribution in [3.63, 3.8) is 0 Å². The van der Waals surface area contributed by atoms with Gasteiger partial charge in [0.25, 0.3) is 5.91 Å². The van der Waals surface area contributed by atoms with E-state index in [0.29, 0.717) is 16.9 Å². The number of nitrogens with two attached hydrogens (primary N) is 1. The van der Waals surface area contributed by atoms with Crippen molar-refractivity contribution in [3.05, 3.63) is 70.2 Å². The topological polar surface area (TPSA) is 177 Å². The number of Topliss-reactive ketones (excluding diaryl/α,β-unsaturated/α-hetero) is 2. The number of primary amides is 1.